The average molecular weight is 178 g/mol. The van der Waals surface area contributed by atoms with Gasteiger partial charge in [-0.2, -0.15) is 0 Å². The summed E-state index contributed by atoms with van der Waals surface area (Å²) in [7, 11) is 0. The minimum Gasteiger partial charge on any atom is -0.344 e. The Bertz CT molecular complexity index is 307. The predicted octanol–water partition coefficient (Wildman–Crippen LogP) is 1.57. The molecular formula is C11H14O2. The standard InChI is InChI=1S/C11H14O2/c1-11(2)12-9-6-4-3-5-7(6)8(5)10(9)13-11/h3-10H,1-2H3. The first-order valence-corrected chi connectivity index (χ1v) is 5.21. The maximum absolute atomic E-state index is 5.95. The van der Waals surface area contributed by atoms with Crippen LogP contribution in [0.4, 0.5) is 0 Å². The Morgan fingerprint density at radius 1 is 0.923 bits per heavy atom. The molecule has 1 saturated heterocycles. The van der Waals surface area contributed by atoms with Crippen LogP contribution < -0.4 is 0 Å². The van der Waals surface area contributed by atoms with Crippen molar-refractivity contribution in [1.82, 2.24) is 0 Å². The van der Waals surface area contributed by atoms with Crippen LogP contribution in [0.25, 0.3) is 0 Å². The van der Waals surface area contributed by atoms with Crippen molar-refractivity contribution in [2.24, 2.45) is 23.7 Å². The highest BCUT2D eigenvalue weighted by Crippen LogP contribution is 2.68. The van der Waals surface area contributed by atoms with E-state index < -0.39 is 0 Å². The van der Waals surface area contributed by atoms with E-state index in [4.69, 9.17) is 9.47 Å². The fourth-order valence-corrected chi connectivity index (χ4v) is 3.72. The lowest BCUT2D eigenvalue weighted by molar-refractivity contribution is -0.155. The summed E-state index contributed by atoms with van der Waals surface area (Å²) >= 11 is 0. The van der Waals surface area contributed by atoms with Gasteiger partial charge in [0, 0.05) is 5.92 Å². The van der Waals surface area contributed by atoms with Gasteiger partial charge in [-0.25, -0.2) is 0 Å². The Hall–Kier alpha value is -0.340. The smallest absolute Gasteiger partial charge is 0.163 e. The molecule has 6 atom stereocenters. The topological polar surface area (TPSA) is 18.5 Å². The van der Waals surface area contributed by atoms with Gasteiger partial charge >= 0.3 is 0 Å². The summed E-state index contributed by atoms with van der Waals surface area (Å²) in [6.07, 6.45) is 5.48. The molecule has 4 aliphatic rings. The molecule has 0 radical (unpaired) electrons. The van der Waals surface area contributed by atoms with E-state index in [1.54, 1.807) is 0 Å². The van der Waals surface area contributed by atoms with E-state index in [9.17, 15) is 0 Å². The first-order chi connectivity index (χ1) is 6.17. The van der Waals surface area contributed by atoms with E-state index in [0.29, 0.717) is 18.1 Å². The molecule has 13 heavy (non-hydrogen) atoms. The molecule has 1 aliphatic heterocycles. The summed E-state index contributed by atoms with van der Waals surface area (Å²) < 4.78 is 11.9. The van der Waals surface area contributed by atoms with Crippen molar-refractivity contribution in [3.8, 4) is 0 Å². The molecule has 3 aliphatic carbocycles. The van der Waals surface area contributed by atoms with Crippen LogP contribution in [-0.2, 0) is 9.47 Å². The summed E-state index contributed by atoms with van der Waals surface area (Å²) in [5.41, 5.74) is 0. The van der Waals surface area contributed by atoms with Crippen LogP contribution in [0, 0.1) is 23.7 Å². The third-order valence-electron chi connectivity index (χ3n) is 4.11. The van der Waals surface area contributed by atoms with E-state index in [1.807, 2.05) is 13.8 Å². The first kappa shape index (κ1) is 7.02. The molecule has 2 heteroatoms. The van der Waals surface area contributed by atoms with Gasteiger partial charge in [0.15, 0.2) is 5.79 Å². The third kappa shape index (κ3) is 0.658. The summed E-state index contributed by atoms with van der Waals surface area (Å²) in [5, 5.41) is 0. The number of rotatable bonds is 0. The highest BCUT2D eigenvalue weighted by Gasteiger charge is 2.72. The second-order valence-electron chi connectivity index (χ2n) is 5.26. The molecular weight excluding hydrogens is 164 g/mol. The van der Waals surface area contributed by atoms with Gasteiger partial charge in [0.05, 0.1) is 12.2 Å². The molecule has 0 aromatic heterocycles. The molecule has 70 valence electrons. The van der Waals surface area contributed by atoms with Crippen molar-refractivity contribution in [3.05, 3.63) is 12.2 Å². The van der Waals surface area contributed by atoms with Crippen LogP contribution in [-0.4, -0.2) is 18.0 Å². The van der Waals surface area contributed by atoms with Crippen LogP contribution in [0.5, 0.6) is 0 Å². The predicted molar refractivity (Wildman–Crippen MR) is 46.9 cm³/mol. The summed E-state index contributed by atoms with van der Waals surface area (Å²) in [6, 6.07) is 0. The quantitative estimate of drug-likeness (QED) is 0.524. The highest BCUT2D eigenvalue weighted by molar-refractivity contribution is 5.31. The van der Waals surface area contributed by atoms with Gasteiger partial charge in [0.25, 0.3) is 0 Å². The molecule has 2 nitrogen and oxygen atoms in total. The van der Waals surface area contributed by atoms with Crippen LogP contribution >= 0.6 is 0 Å². The Morgan fingerprint density at radius 3 is 2.46 bits per heavy atom. The number of fused-ring (bicyclic) bond motifs is 4. The monoisotopic (exact) mass is 178 g/mol. The maximum Gasteiger partial charge on any atom is 0.163 e. The Morgan fingerprint density at radius 2 is 1.62 bits per heavy atom. The van der Waals surface area contributed by atoms with E-state index in [-0.39, 0.29) is 5.79 Å². The Labute approximate surface area is 77.9 Å². The molecule has 2 saturated carbocycles. The minimum absolute atomic E-state index is 0.336. The second-order valence-corrected chi connectivity index (χ2v) is 5.26. The van der Waals surface area contributed by atoms with Gasteiger partial charge in [-0.05, 0) is 31.6 Å². The number of hydrogen-bond donors (Lipinski definition) is 0. The van der Waals surface area contributed by atoms with Crippen LogP contribution in [0.2, 0.25) is 0 Å². The molecule has 0 N–H and O–H groups in total. The maximum atomic E-state index is 5.95. The van der Waals surface area contributed by atoms with E-state index >= 15 is 0 Å². The molecule has 0 aromatic rings. The SMILES string of the molecule is CC1(C)OC2C3C=CC4C3C4C2O1. The summed E-state index contributed by atoms with van der Waals surface area (Å²) in [4.78, 5) is 0. The average Bonchev–Trinajstić information content (AvgIpc) is 2.33. The Kier molecular flexibility index (Phi) is 0.935. The number of hydrogen-bond acceptors (Lipinski definition) is 2. The highest BCUT2D eigenvalue weighted by atomic mass is 16.8. The van der Waals surface area contributed by atoms with Gasteiger partial charge < -0.3 is 9.47 Å². The number of ether oxygens (including phenoxy) is 2. The van der Waals surface area contributed by atoms with E-state index in [2.05, 4.69) is 12.2 Å². The van der Waals surface area contributed by atoms with Gasteiger partial charge in [-0.3, -0.25) is 0 Å². The van der Waals surface area contributed by atoms with Crippen molar-refractivity contribution in [1.29, 1.82) is 0 Å². The van der Waals surface area contributed by atoms with Crippen molar-refractivity contribution < 1.29 is 9.47 Å². The fraction of sp³-hybridized carbons (Fsp3) is 0.818. The molecule has 0 aromatic carbocycles. The van der Waals surface area contributed by atoms with Crippen molar-refractivity contribution in [2.75, 3.05) is 0 Å². The molecule has 0 amide bonds. The summed E-state index contributed by atoms with van der Waals surface area (Å²) in [5.74, 6) is 2.84. The summed E-state index contributed by atoms with van der Waals surface area (Å²) in [6.45, 7) is 4.06. The lowest BCUT2D eigenvalue weighted by atomic mass is 10.0. The lowest BCUT2D eigenvalue weighted by Gasteiger charge is -2.19. The Balaban J connectivity index is 1.74. The van der Waals surface area contributed by atoms with Crippen molar-refractivity contribution in [3.63, 3.8) is 0 Å². The molecule has 6 unspecified atom stereocenters. The molecule has 3 fully saturated rings. The third-order valence-corrected chi connectivity index (χ3v) is 4.11. The van der Waals surface area contributed by atoms with Gasteiger partial charge in [-0.1, -0.05) is 12.2 Å². The normalized spacial score (nSPS) is 63.8. The fourth-order valence-electron chi connectivity index (χ4n) is 3.72. The molecule has 4 rings (SSSR count). The van der Waals surface area contributed by atoms with Crippen LogP contribution in [0.1, 0.15) is 13.8 Å². The van der Waals surface area contributed by atoms with Crippen molar-refractivity contribution in [2.45, 2.75) is 31.8 Å². The van der Waals surface area contributed by atoms with Crippen molar-refractivity contribution >= 4 is 0 Å². The lowest BCUT2D eigenvalue weighted by Crippen LogP contribution is -2.26. The van der Waals surface area contributed by atoms with E-state index in [1.165, 1.54) is 0 Å². The largest absolute Gasteiger partial charge is 0.344 e. The second kappa shape index (κ2) is 1.73. The molecule has 0 spiro atoms. The minimum atomic E-state index is -0.336. The van der Waals surface area contributed by atoms with E-state index in [0.717, 1.165) is 17.8 Å². The first-order valence-electron chi connectivity index (χ1n) is 5.21. The molecule has 1 heterocycles. The zero-order chi connectivity index (χ0) is 8.79. The van der Waals surface area contributed by atoms with Crippen LogP contribution in [0.15, 0.2) is 12.2 Å². The van der Waals surface area contributed by atoms with Gasteiger partial charge in [0.2, 0.25) is 0 Å². The van der Waals surface area contributed by atoms with Gasteiger partial charge in [0.1, 0.15) is 0 Å². The molecule has 0 bridgehead atoms. The van der Waals surface area contributed by atoms with Crippen LogP contribution in [0.3, 0.4) is 0 Å². The zero-order valence-electron chi connectivity index (χ0n) is 7.94. The zero-order valence-corrected chi connectivity index (χ0v) is 7.94. The number of allylic oxidation sites excluding steroid dienone is 1. The van der Waals surface area contributed by atoms with Gasteiger partial charge in [-0.15, -0.1) is 0 Å².